The van der Waals surface area contributed by atoms with E-state index in [1.165, 1.54) is 24.5 Å². The van der Waals surface area contributed by atoms with Gasteiger partial charge in [-0.25, -0.2) is 0 Å². The lowest BCUT2D eigenvalue weighted by molar-refractivity contribution is -0.119. The largest absolute Gasteiger partial charge is 0.351 e. The van der Waals surface area contributed by atoms with E-state index in [4.69, 9.17) is 0 Å². The van der Waals surface area contributed by atoms with Gasteiger partial charge in [0.2, 0.25) is 5.91 Å². The zero-order chi connectivity index (χ0) is 16.9. The molecule has 3 rings (SSSR count). The smallest absolute Gasteiger partial charge is 0.217 e. The summed E-state index contributed by atoms with van der Waals surface area (Å²) in [5.74, 6) is -0.0310. The average molecular weight is 324 g/mol. The number of pyridine rings is 2. The fourth-order valence-corrected chi connectivity index (χ4v) is 3.24. The van der Waals surface area contributed by atoms with Crippen molar-refractivity contribution >= 4 is 5.91 Å². The zero-order valence-electron chi connectivity index (χ0n) is 14.3. The Balaban J connectivity index is 1.71. The number of hydrogen-bond acceptors (Lipinski definition) is 4. The molecule has 0 aliphatic carbocycles. The maximum atomic E-state index is 11.1. The van der Waals surface area contributed by atoms with Crippen LogP contribution in [-0.2, 0) is 17.9 Å². The predicted molar refractivity (Wildman–Crippen MR) is 93.1 cm³/mol. The SMILES string of the molecule is CC(=O)NCc1cc([C@@H]2CCCN2Cc2ccc(C)nc2)ccn1. The summed E-state index contributed by atoms with van der Waals surface area (Å²) >= 11 is 0. The van der Waals surface area contributed by atoms with Crippen LogP contribution in [0.2, 0.25) is 0 Å². The van der Waals surface area contributed by atoms with Gasteiger partial charge in [0.05, 0.1) is 12.2 Å². The standard InChI is InChI=1S/C19H24N4O/c1-14-5-6-16(11-21-14)13-23-9-3-4-19(23)17-7-8-20-18(10-17)12-22-15(2)24/h5-8,10-11,19H,3-4,9,12-13H2,1-2H3,(H,22,24)/t19-/m0/s1. The third-order valence-corrected chi connectivity index (χ3v) is 4.47. The van der Waals surface area contributed by atoms with Gasteiger partial charge in [-0.15, -0.1) is 0 Å². The van der Waals surface area contributed by atoms with Crippen LogP contribution < -0.4 is 5.32 Å². The van der Waals surface area contributed by atoms with Gasteiger partial charge in [-0.2, -0.15) is 0 Å². The van der Waals surface area contributed by atoms with Crippen LogP contribution in [0.15, 0.2) is 36.7 Å². The van der Waals surface area contributed by atoms with Crippen LogP contribution in [0.4, 0.5) is 0 Å². The number of rotatable bonds is 5. The average Bonchev–Trinajstić information content (AvgIpc) is 3.03. The first-order valence-electron chi connectivity index (χ1n) is 8.46. The van der Waals surface area contributed by atoms with Crippen LogP contribution >= 0.6 is 0 Å². The number of aryl methyl sites for hydroxylation is 1. The highest BCUT2D eigenvalue weighted by Crippen LogP contribution is 2.33. The second kappa shape index (κ2) is 7.53. The lowest BCUT2D eigenvalue weighted by atomic mass is 10.0. The summed E-state index contributed by atoms with van der Waals surface area (Å²) in [7, 11) is 0. The van der Waals surface area contributed by atoms with Gasteiger partial charge in [-0.3, -0.25) is 19.7 Å². The Bertz CT molecular complexity index is 699. The first-order chi connectivity index (χ1) is 11.6. The van der Waals surface area contributed by atoms with E-state index in [0.29, 0.717) is 12.6 Å². The number of nitrogens with zero attached hydrogens (tertiary/aromatic N) is 3. The van der Waals surface area contributed by atoms with Crippen LogP contribution in [0.1, 0.15) is 48.3 Å². The highest BCUT2D eigenvalue weighted by Gasteiger charge is 2.26. The van der Waals surface area contributed by atoms with Crippen molar-refractivity contribution in [3.8, 4) is 0 Å². The molecule has 2 aromatic heterocycles. The van der Waals surface area contributed by atoms with Crippen LogP contribution in [0.25, 0.3) is 0 Å². The van der Waals surface area contributed by atoms with E-state index in [9.17, 15) is 4.79 Å². The lowest BCUT2D eigenvalue weighted by Crippen LogP contribution is -2.23. The molecule has 1 amide bonds. The molecule has 3 heterocycles. The van der Waals surface area contributed by atoms with Crippen molar-refractivity contribution in [1.82, 2.24) is 20.2 Å². The number of hydrogen-bond donors (Lipinski definition) is 1. The molecule has 24 heavy (non-hydrogen) atoms. The molecular weight excluding hydrogens is 300 g/mol. The van der Waals surface area contributed by atoms with E-state index < -0.39 is 0 Å². The van der Waals surface area contributed by atoms with Gasteiger partial charge >= 0.3 is 0 Å². The third-order valence-electron chi connectivity index (χ3n) is 4.47. The maximum absolute atomic E-state index is 11.1. The van der Waals surface area contributed by atoms with Gasteiger partial charge < -0.3 is 5.32 Å². The van der Waals surface area contributed by atoms with Crippen molar-refractivity contribution in [3.63, 3.8) is 0 Å². The molecule has 126 valence electrons. The first kappa shape index (κ1) is 16.6. The molecule has 0 radical (unpaired) electrons. The molecule has 0 spiro atoms. The molecule has 1 saturated heterocycles. The van der Waals surface area contributed by atoms with E-state index in [1.54, 1.807) is 0 Å². The maximum Gasteiger partial charge on any atom is 0.217 e. The molecule has 1 fully saturated rings. The van der Waals surface area contributed by atoms with Gasteiger partial charge in [-0.1, -0.05) is 6.07 Å². The fraction of sp³-hybridized carbons (Fsp3) is 0.421. The number of carbonyl (C=O) groups excluding carboxylic acids is 1. The van der Waals surface area contributed by atoms with E-state index in [-0.39, 0.29) is 5.91 Å². The van der Waals surface area contributed by atoms with Gasteiger partial charge in [0, 0.05) is 37.6 Å². The molecule has 0 saturated carbocycles. The molecule has 1 aliphatic rings. The fourth-order valence-electron chi connectivity index (χ4n) is 3.24. The number of amides is 1. The van der Waals surface area contributed by atoms with Crippen molar-refractivity contribution in [2.24, 2.45) is 0 Å². The summed E-state index contributed by atoms with van der Waals surface area (Å²) in [5, 5.41) is 2.81. The minimum Gasteiger partial charge on any atom is -0.351 e. The monoisotopic (exact) mass is 324 g/mol. The van der Waals surface area contributed by atoms with Crippen molar-refractivity contribution in [2.45, 2.75) is 45.8 Å². The van der Waals surface area contributed by atoms with Gasteiger partial charge in [0.1, 0.15) is 0 Å². The Morgan fingerprint density at radius 2 is 2.21 bits per heavy atom. The molecule has 5 heteroatoms. The highest BCUT2D eigenvalue weighted by molar-refractivity contribution is 5.72. The molecular formula is C19H24N4O. The summed E-state index contributed by atoms with van der Waals surface area (Å²) in [6.45, 7) is 6.04. The Morgan fingerprint density at radius 3 is 2.96 bits per heavy atom. The number of nitrogens with one attached hydrogen (secondary N) is 1. The van der Waals surface area contributed by atoms with E-state index >= 15 is 0 Å². The quantitative estimate of drug-likeness (QED) is 0.919. The van der Waals surface area contributed by atoms with Crippen molar-refractivity contribution < 1.29 is 4.79 Å². The van der Waals surface area contributed by atoms with Gasteiger partial charge in [-0.05, 0) is 55.6 Å². The molecule has 5 nitrogen and oxygen atoms in total. The number of likely N-dealkylation sites (tertiary alicyclic amines) is 1. The van der Waals surface area contributed by atoms with E-state index in [0.717, 1.165) is 30.9 Å². The van der Waals surface area contributed by atoms with E-state index in [2.05, 4.69) is 44.5 Å². The molecule has 0 bridgehead atoms. The predicted octanol–water partition coefficient (Wildman–Crippen LogP) is 2.76. The summed E-state index contributed by atoms with van der Waals surface area (Å²) in [6.07, 6.45) is 6.17. The molecule has 1 N–H and O–H groups in total. The topological polar surface area (TPSA) is 58.1 Å². The third kappa shape index (κ3) is 4.17. The van der Waals surface area contributed by atoms with Crippen molar-refractivity contribution in [1.29, 1.82) is 0 Å². The Hall–Kier alpha value is -2.27. The summed E-state index contributed by atoms with van der Waals surface area (Å²) in [6, 6.07) is 8.84. The van der Waals surface area contributed by atoms with Crippen molar-refractivity contribution in [2.75, 3.05) is 6.54 Å². The van der Waals surface area contributed by atoms with E-state index in [1.807, 2.05) is 19.3 Å². The number of aromatic nitrogens is 2. The Labute approximate surface area is 143 Å². The minimum absolute atomic E-state index is 0.0310. The first-order valence-corrected chi connectivity index (χ1v) is 8.46. The highest BCUT2D eigenvalue weighted by atomic mass is 16.1. The van der Waals surface area contributed by atoms with Crippen LogP contribution in [0.5, 0.6) is 0 Å². The van der Waals surface area contributed by atoms with Crippen molar-refractivity contribution in [3.05, 3.63) is 59.2 Å². The van der Waals surface area contributed by atoms with Gasteiger partial charge in [0.15, 0.2) is 0 Å². The molecule has 2 aromatic rings. The molecule has 1 aliphatic heterocycles. The van der Waals surface area contributed by atoms with Gasteiger partial charge in [0.25, 0.3) is 0 Å². The zero-order valence-corrected chi connectivity index (χ0v) is 14.3. The van der Waals surface area contributed by atoms with Crippen LogP contribution in [-0.4, -0.2) is 27.3 Å². The second-order valence-corrected chi connectivity index (χ2v) is 6.43. The summed E-state index contributed by atoms with van der Waals surface area (Å²) in [4.78, 5) is 22.3. The second-order valence-electron chi connectivity index (χ2n) is 6.43. The molecule has 0 aromatic carbocycles. The molecule has 1 atom stereocenters. The summed E-state index contributed by atoms with van der Waals surface area (Å²) < 4.78 is 0. The summed E-state index contributed by atoms with van der Waals surface area (Å²) in [5.41, 5.74) is 4.49. The molecule has 0 unspecified atom stereocenters. The van der Waals surface area contributed by atoms with Crippen LogP contribution in [0, 0.1) is 6.92 Å². The Morgan fingerprint density at radius 1 is 1.33 bits per heavy atom. The Kier molecular flexibility index (Phi) is 5.20. The lowest BCUT2D eigenvalue weighted by Gasteiger charge is -2.25. The van der Waals surface area contributed by atoms with Crippen LogP contribution in [0.3, 0.4) is 0 Å². The normalized spacial score (nSPS) is 17.8. The number of carbonyl (C=O) groups is 1. The minimum atomic E-state index is -0.0310.